The minimum absolute atomic E-state index is 0.582. The summed E-state index contributed by atoms with van der Waals surface area (Å²) in [6.45, 7) is 3.91. The van der Waals surface area contributed by atoms with Gasteiger partial charge in [0.15, 0.2) is 5.58 Å². The molecule has 2 aromatic rings. The van der Waals surface area contributed by atoms with Crippen molar-refractivity contribution in [3.8, 4) is 0 Å². The number of benzene rings is 1. The van der Waals surface area contributed by atoms with E-state index in [0.29, 0.717) is 5.16 Å². The summed E-state index contributed by atoms with van der Waals surface area (Å²) in [5.74, 6) is 0. The van der Waals surface area contributed by atoms with E-state index in [-0.39, 0.29) is 0 Å². The Morgan fingerprint density at radius 3 is 2.82 bits per heavy atom. The Kier molecular flexibility index (Phi) is 2.30. The molecule has 86 valence electrons. The molecule has 0 spiro atoms. The van der Waals surface area contributed by atoms with Crippen molar-refractivity contribution in [2.45, 2.75) is 20.3 Å². The van der Waals surface area contributed by atoms with Gasteiger partial charge in [-0.2, -0.15) is 0 Å². The number of rotatable bonds is 1. The third-order valence-corrected chi connectivity index (χ3v) is 3.28. The number of halogens is 1. The van der Waals surface area contributed by atoms with Gasteiger partial charge in [-0.05, 0) is 31.5 Å². The topological polar surface area (TPSA) is 38.4 Å². The maximum Gasteiger partial charge on any atom is 0.167 e. The Morgan fingerprint density at radius 1 is 1.29 bits per heavy atom. The van der Waals surface area contributed by atoms with Crippen LogP contribution in [0.5, 0.6) is 0 Å². The molecule has 0 bridgehead atoms. The van der Waals surface area contributed by atoms with E-state index in [1.807, 2.05) is 32.0 Å². The average Bonchev–Trinajstić information content (AvgIpc) is 2.82. The van der Waals surface area contributed by atoms with Crippen LogP contribution in [0.3, 0.4) is 0 Å². The number of aliphatic imine (C=N–C) groups is 1. The van der Waals surface area contributed by atoms with E-state index in [1.165, 1.54) is 0 Å². The fourth-order valence-electron chi connectivity index (χ4n) is 2.08. The zero-order valence-electron chi connectivity index (χ0n) is 9.62. The van der Waals surface area contributed by atoms with E-state index in [2.05, 4.69) is 10.1 Å². The number of hydrogen-bond acceptors (Lipinski definition) is 3. The molecule has 3 nitrogen and oxygen atoms in total. The van der Waals surface area contributed by atoms with Crippen LogP contribution in [0.15, 0.2) is 32.9 Å². The second-order valence-electron chi connectivity index (χ2n) is 4.27. The maximum atomic E-state index is 6.11. The lowest BCUT2D eigenvalue weighted by atomic mass is 10.0. The van der Waals surface area contributed by atoms with E-state index < -0.39 is 0 Å². The molecule has 0 aliphatic carbocycles. The lowest BCUT2D eigenvalue weighted by Crippen LogP contribution is -1.88. The van der Waals surface area contributed by atoms with Gasteiger partial charge in [-0.3, -0.25) is 0 Å². The molecule has 2 heterocycles. The predicted octanol–water partition coefficient (Wildman–Crippen LogP) is 3.91. The molecule has 0 atom stereocenters. The van der Waals surface area contributed by atoms with Crippen molar-refractivity contribution in [1.82, 2.24) is 5.16 Å². The number of nitrogens with zero attached hydrogens (tertiary/aromatic N) is 2. The van der Waals surface area contributed by atoms with Gasteiger partial charge in [-0.15, -0.1) is 0 Å². The standard InChI is InChI=1S/C13H11ClN2O/c1-7-5-11(13(14)15-7)9-3-4-10-8(2)16-17-12(10)6-9/h3-4,6H,5H2,1-2H3. The second-order valence-corrected chi connectivity index (χ2v) is 4.63. The van der Waals surface area contributed by atoms with Crippen molar-refractivity contribution in [2.75, 3.05) is 0 Å². The van der Waals surface area contributed by atoms with Gasteiger partial charge in [0, 0.05) is 23.1 Å². The molecule has 0 unspecified atom stereocenters. The van der Waals surface area contributed by atoms with Crippen LogP contribution in [-0.4, -0.2) is 10.9 Å². The van der Waals surface area contributed by atoms with Gasteiger partial charge in [0.1, 0.15) is 5.16 Å². The zero-order chi connectivity index (χ0) is 12.0. The number of hydrogen-bond donors (Lipinski definition) is 0. The fraction of sp³-hybridized carbons (Fsp3) is 0.231. The van der Waals surface area contributed by atoms with Gasteiger partial charge < -0.3 is 4.52 Å². The van der Waals surface area contributed by atoms with Gasteiger partial charge in [0.25, 0.3) is 0 Å². The molecule has 17 heavy (non-hydrogen) atoms. The number of aromatic nitrogens is 1. The quantitative estimate of drug-likeness (QED) is 0.716. The zero-order valence-corrected chi connectivity index (χ0v) is 10.4. The third-order valence-electron chi connectivity index (χ3n) is 2.97. The minimum atomic E-state index is 0.582. The molecule has 0 saturated carbocycles. The minimum Gasteiger partial charge on any atom is -0.356 e. The molecular weight excluding hydrogens is 236 g/mol. The summed E-state index contributed by atoms with van der Waals surface area (Å²) >= 11 is 6.11. The maximum absolute atomic E-state index is 6.11. The molecule has 0 radical (unpaired) electrons. The Hall–Kier alpha value is -1.61. The molecule has 1 aromatic carbocycles. The summed E-state index contributed by atoms with van der Waals surface area (Å²) in [4.78, 5) is 4.25. The van der Waals surface area contributed by atoms with E-state index in [9.17, 15) is 0 Å². The van der Waals surface area contributed by atoms with Crippen molar-refractivity contribution >= 4 is 33.9 Å². The van der Waals surface area contributed by atoms with Crippen LogP contribution in [0.25, 0.3) is 16.5 Å². The molecule has 4 heteroatoms. The van der Waals surface area contributed by atoms with Crippen molar-refractivity contribution in [3.05, 3.63) is 34.6 Å². The first-order valence-electron chi connectivity index (χ1n) is 5.44. The monoisotopic (exact) mass is 246 g/mol. The average molecular weight is 247 g/mol. The van der Waals surface area contributed by atoms with Crippen LogP contribution < -0.4 is 0 Å². The van der Waals surface area contributed by atoms with Crippen molar-refractivity contribution in [3.63, 3.8) is 0 Å². The Labute approximate surface area is 104 Å². The molecule has 0 N–H and O–H groups in total. The van der Waals surface area contributed by atoms with Crippen molar-refractivity contribution in [2.24, 2.45) is 4.99 Å². The molecule has 1 aliphatic heterocycles. The number of aryl methyl sites for hydroxylation is 1. The lowest BCUT2D eigenvalue weighted by molar-refractivity contribution is 0.450. The van der Waals surface area contributed by atoms with Gasteiger partial charge in [-0.25, -0.2) is 4.99 Å². The highest BCUT2D eigenvalue weighted by Crippen LogP contribution is 2.33. The van der Waals surface area contributed by atoms with E-state index in [0.717, 1.165) is 39.9 Å². The second kappa shape index (κ2) is 3.70. The van der Waals surface area contributed by atoms with Crippen LogP contribution in [0.4, 0.5) is 0 Å². The van der Waals surface area contributed by atoms with Crippen LogP contribution in [-0.2, 0) is 0 Å². The van der Waals surface area contributed by atoms with E-state index >= 15 is 0 Å². The smallest absolute Gasteiger partial charge is 0.167 e. The summed E-state index contributed by atoms with van der Waals surface area (Å²) < 4.78 is 5.26. The summed E-state index contributed by atoms with van der Waals surface area (Å²) in [5.41, 5.74) is 4.85. The molecule has 0 amide bonds. The molecular formula is C13H11ClN2O. The first-order valence-corrected chi connectivity index (χ1v) is 5.82. The van der Waals surface area contributed by atoms with Gasteiger partial charge >= 0.3 is 0 Å². The first-order chi connectivity index (χ1) is 8.15. The molecule has 3 rings (SSSR count). The Morgan fingerprint density at radius 2 is 2.12 bits per heavy atom. The van der Waals surface area contributed by atoms with Gasteiger partial charge in [0.2, 0.25) is 0 Å². The summed E-state index contributed by atoms with van der Waals surface area (Å²) in [6, 6.07) is 6.03. The van der Waals surface area contributed by atoms with Crippen LogP contribution in [0, 0.1) is 6.92 Å². The summed E-state index contributed by atoms with van der Waals surface area (Å²) in [5, 5.41) is 5.57. The van der Waals surface area contributed by atoms with Crippen molar-refractivity contribution in [1.29, 1.82) is 0 Å². The molecule has 0 saturated heterocycles. The molecule has 1 aliphatic rings. The fourth-order valence-corrected chi connectivity index (χ4v) is 2.40. The predicted molar refractivity (Wildman–Crippen MR) is 69.2 cm³/mol. The SMILES string of the molecule is CC1=NC(Cl)=C(c2ccc3c(C)noc3c2)C1. The normalized spacial score (nSPS) is 15.8. The molecule has 1 aromatic heterocycles. The highest BCUT2D eigenvalue weighted by atomic mass is 35.5. The third kappa shape index (κ3) is 1.67. The van der Waals surface area contributed by atoms with Crippen LogP contribution >= 0.6 is 11.6 Å². The highest BCUT2D eigenvalue weighted by molar-refractivity contribution is 6.35. The van der Waals surface area contributed by atoms with Crippen molar-refractivity contribution < 1.29 is 4.52 Å². The Bertz CT molecular complexity index is 667. The summed E-state index contributed by atoms with van der Waals surface area (Å²) in [6.07, 6.45) is 0.803. The number of fused-ring (bicyclic) bond motifs is 1. The van der Waals surface area contributed by atoms with Gasteiger partial charge in [0.05, 0.1) is 5.69 Å². The largest absolute Gasteiger partial charge is 0.356 e. The van der Waals surface area contributed by atoms with Crippen LogP contribution in [0.2, 0.25) is 0 Å². The summed E-state index contributed by atoms with van der Waals surface area (Å²) in [7, 11) is 0. The Balaban J connectivity index is 2.11. The van der Waals surface area contributed by atoms with Gasteiger partial charge in [-0.1, -0.05) is 22.8 Å². The highest BCUT2D eigenvalue weighted by Gasteiger charge is 2.16. The van der Waals surface area contributed by atoms with E-state index in [4.69, 9.17) is 16.1 Å². The first kappa shape index (κ1) is 10.5. The lowest BCUT2D eigenvalue weighted by Gasteiger charge is -2.02. The molecule has 0 fully saturated rings. The number of allylic oxidation sites excluding steroid dienone is 1. The van der Waals surface area contributed by atoms with Crippen LogP contribution in [0.1, 0.15) is 24.6 Å². The van der Waals surface area contributed by atoms with E-state index in [1.54, 1.807) is 0 Å².